The van der Waals surface area contributed by atoms with E-state index in [1.807, 2.05) is 18.2 Å². The first-order valence-corrected chi connectivity index (χ1v) is 5.38. The molecule has 86 valence electrons. The van der Waals surface area contributed by atoms with Crippen molar-refractivity contribution in [2.75, 3.05) is 6.61 Å². The van der Waals surface area contributed by atoms with Crippen LogP contribution in [0.15, 0.2) is 18.2 Å². The van der Waals surface area contributed by atoms with Crippen LogP contribution < -0.4 is 4.74 Å². The molecule has 0 unspecified atom stereocenters. The highest BCUT2D eigenvalue weighted by Crippen LogP contribution is 2.25. The van der Waals surface area contributed by atoms with Gasteiger partial charge in [-0.25, -0.2) is 5.06 Å². The zero-order valence-corrected chi connectivity index (χ0v) is 9.27. The topological polar surface area (TPSA) is 49.8 Å². The number of ether oxygens (including phenoxy) is 1. The molecule has 4 heteroatoms. The van der Waals surface area contributed by atoms with E-state index in [0.29, 0.717) is 5.06 Å². The maximum absolute atomic E-state index is 10.9. The summed E-state index contributed by atoms with van der Waals surface area (Å²) in [4.78, 5) is 10.9. The number of benzene rings is 1. The molecule has 1 heterocycles. The largest absolute Gasteiger partial charge is 0.493 e. The number of hydroxylamine groups is 2. The fourth-order valence-electron chi connectivity index (χ4n) is 1.80. The summed E-state index contributed by atoms with van der Waals surface area (Å²) in [5.41, 5.74) is 2.07. The van der Waals surface area contributed by atoms with Crippen molar-refractivity contribution in [2.45, 2.75) is 26.3 Å². The molecule has 2 rings (SSSR count). The van der Waals surface area contributed by atoms with E-state index in [0.717, 1.165) is 36.3 Å². The minimum atomic E-state index is -0.353. The van der Waals surface area contributed by atoms with Crippen LogP contribution in [-0.2, 0) is 17.8 Å². The summed E-state index contributed by atoms with van der Waals surface area (Å²) in [7, 11) is 0. The summed E-state index contributed by atoms with van der Waals surface area (Å²) in [6.45, 7) is 2.33. The Hall–Kier alpha value is -1.55. The summed E-state index contributed by atoms with van der Waals surface area (Å²) >= 11 is 0. The first-order chi connectivity index (χ1) is 7.66. The number of carbonyl (C=O) groups excluding carboxylic acids is 1. The predicted octanol–water partition coefficient (Wildman–Crippen LogP) is 1.75. The van der Waals surface area contributed by atoms with Crippen molar-refractivity contribution >= 4 is 5.91 Å². The van der Waals surface area contributed by atoms with Gasteiger partial charge < -0.3 is 4.74 Å². The summed E-state index contributed by atoms with van der Waals surface area (Å²) < 4.78 is 5.49. The van der Waals surface area contributed by atoms with Crippen molar-refractivity contribution in [1.82, 2.24) is 5.06 Å². The number of amides is 1. The van der Waals surface area contributed by atoms with Crippen molar-refractivity contribution < 1.29 is 14.7 Å². The van der Waals surface area contributed by atoms with Crippen LogP contribution in [0.3, 0.4) is 0 Å². The first-order valence-electron chi connectivity index (χ1n) is 5.38. The molecular weight excluding hydrogens is 206 g/mol. The summed E-state index contributed by atoms with van der Waals surface area (Å²) in [5, 5.41) is 10.1. The third-order valence-electron chi connectivity index (χ3n) is 2.67. The van der Waals surface area contributed by atoms with E-state index in [2.05, 4.69) is 0 Å². The maximum atomic E-state index is 10.9. The number of hydrogen-bond donors (Lipinski definition) is 1. The van der Waals surface area contributed by atoms with Gasteiger partial charge in [-0.1, -0.05) is 12.1 Å². The molecule has 1 amide bonds. The summed E-state index contributed by atoms with van der Waals surface area (Å²) in [6.07, 6.45) is 2.01. The second kappa shape index (κ2) is 4.53. The standard InChI is InChI=1S/C12H15NO3/c1-9(14)13(15)8-10-4-5-12-11(7-10)3-2-6-16-12/h4-5,7,15H,2-3,6,8H2,1H3. The molecule has 0 saturated carbocycles. The molecule has 1 aliphatic heterocycles. The normalized spacial score (nSPS) is 13.9. The lowest BCUT2D eigenvalue weighted by Gasteiger charge is -2.19. The van der Waals surface area contributed by atoms with Crippen molar-refractivity contribution in [2.24, 2.45) is 0 Å². The minimum absolute atomic E-state index is 0.225. The van der Waals surface area contributed by atoms with Gasteiger partial charge in [0.15, 0.2) is 0 Å². The second-order valence-corrected chi connectivity index (χ2v) is 3.97. The maximum Gasteiger partial charge on any atom is 0.243 e. The van der Waals surface area contributed by atoms with E-state index in [4.69, 9.17) is 4.74 Å². The Morgan fingerprint density at radius 3 is 3.12 bits per heavy atom. The minimum Gasteiger partial charge on any atom is -0.493 e. The average Bonchev–Trinajstić information content (AvgIpc) is 2.28. The highest BCUT2D eigenvalue weighted by atomic mass is 16.5. The smallest absolute Gasteiger partial charge is 0.243 e. The number of nitrogens with zero attached hydrogens (tertiary/aromatic N) is 1. The Balaban J connectivity index is 2.14. The molecule has 1 aromatic carbocycles. The molecule has 1 aliphatic rings. The van der Waals surface area contributed by atoms with Crippen molar-refractivity contribution in [1.29, 1.82) is 0 Å². The van der Waals surface area contributed by atoms with Crippen molar-refractivity contribution in [3.63, 3.8) is 0 Å². The van der Waals surface area contributed by atoms with Crippen LogP contribution >= 0.6 is 0 Å². The van der Waals surface area contributed by atoms with Gasteiger partial charge in [-0.05, 0) is 30.0 Å². The van der Waals surface area contributed by atoms with Gasteiger partial charge in [0.2, 0.25) is 5.91 Å². The van der Waals surface area contributed by atoms with Crippen molar-refractivity contribution in [3.05, 3.63) is 29.3 Å². The Morgan fingerprint density at radius 1 is 1.56 bits per heavy atom. The van der Waals surface area contributed by atoms with E-state index in [-0.39, 0.29) is 12.5 Å². The number of fused-ring (bicyclic) bond motifs is 1. The van der Waals surface area contributed by atoms with Crippen molar-refractivity contribution in [3.8, 4) is 5.75 Å². The van der Waals surface area contributed by atoms with E-state index in [1.54, 1.807) is 0 Å². The fraction of sp³-hybridized carbons (Fsp3) is 0.417. The second-order valence-electron chi connectivity index (χ2n) is 3.97. The van der Waals surface area contributed by atoms with Gasteiger partial charge in [-0.15, -0.1) is 0 Å². The van der Waals surface area contributed by atoms with E-state index in [1.165, 1.54) is 6.92 Å². The number of carbonyl (C=O) groups is 1. The van der Waals surface area contributed by atoms with E-state index in [9.17, 15) is 10.0 Å². The van der Waals surface area contributed by atoms with E-state index >= 15 is 0 Å². The Kier molecular flexibility index (Phi) is 3.10. The molecule has 0 atom stereocenters. The molecule has 1 N–H and O–H groups in total. The summed E-state index contributed by atoms with van der Waals surface area (Å²) in [6, 6.07) is 5.76. The van der Waals surface area contributed by atoms with Gasteiger partial charge in [-0.3, -0.25) is 10.0 Å². The van der Waals surface area contributed by atoms with Gasteiger partial charge in [0, 0.05) is 6.92 Å². The molecule has 0 saturated heterocycles. The number of hydrogen-bond acceptors (Lipinski definition) is 3. The highest BCUT2D eigenvalue weighted by Gasteiger charge is 2.12. The molecule has 16 heavy (non-hydrogen) atoms. The highest BCUT2D eigenvalue weighted by molar-refractivity contribution is 5.71. The Morgan fingerprint density at radius 2 is 2.38 bits per heavy atom. The molecule has 0 aliphatic carbocycles. The molecule has 0 spiro atoms. The number of rotatable bonds is 2. The third kappa shape index (κ3) is 2.33. The van der Waals surface area contributed by atoms with Crippen LogP contribution in [0.25, 0.3) is 0 Å². The lowest BCUT2D eigenvalue weighted by atomic mass is 10.0. The van der Waals surface area contributed by atoms with Crippen LogP contribution in [0.1, 0.15) is 24.5 Å². The molecule has 0 bridgehead atoms. The molecule has 0 radical (unpaired) electrons. The lowest BCUT2D eigenvalue weighted by Crippen LogP contribution is -2.24. The number of aryl methyl sites for hydroxylation is 1. The third-order valence-corrected chi connectivity index (χ3v) is 2.67. The zero-order valence-electron chi connectivity index (χ0n) is 9.27. The van der Waals surface area contributed by atoms with Crippen LogP contribution in [0.5, 0.6) is 5.75 Å². The van der Waals surface area contributed by atoms with Crippen LogP contribution in [0.2, 0.25) is 0 Å². The van der Waals surface area contributed by atoms with Crippen LogP contribution in [-0.4, -0.2) is 22.8 Å². The molecule has 1 aromatic rings. The van der Waals surface area contributed by atoms with Crippen LogP contribution in [0, 0.1) is 0 Å². The summed E-state index contributed by atoms with van der Waals surface area (Å²) in [5.74, 6) is 0.566. The lowest BCUT2D eigenvalue weighted by molar-refractivity contribution is -0.165. The average molecular weight is 221 g/mol. The Bertz CT molecular complexity index is 403. The van der Waals surface area contributed by atoms with Gasteiger partial charge in [0.25, 0.3) is 0 Å². The van der Waals surface area contributed by atoms with Gasteiger partial charge in [0.1, 0.15) is 5.75 Å². The fourth-order valence-corrected chi connectivity index (χ4v) is 1.80. The van der Waals surface area contributed by atoms with Gasteiger partial charge >= 0.3 is 0 Å². The Labute approximate surface area is 94.4 Å². The molecule has 4 nitrogen and oxygen atoms in total. The molecular formula is C12H15NO3. The molecule has 0 aromatic heterocycles. The predicted molar refractivity (Wildman–Crippen MR) is 58.3 cm³/mol. The zero-order chi connectivity index (χ0) is 11.5. The van der Waals surface area contributed by atoms with E-state index < -0.39 is 0 Å². The SMILES string of the molecule is CC(=O)N(O)Cc1ccc2c(c1)CCCO2. The monoisotopic (exact) mass is 221 g/mol. The van der Waals surface area contributed by atoms with Gasteiger partial charge in [-0.2, -0.15) is 0 Å². The molecule has 0 fully saturated rings. The van der Waals surface area contributed by atoms with Gasteiger partial charge in [0.05, 0.1) is 13.2 Å². The van der Waals surface area contributed by atoms with Crippen LogP contribution in [0.4, 0.5) is 0 Å². The first kappa shape index (κ1) is 11.0. The quantitative estimate of drug-likeness (QED) is 0.611.